The molecule has 0 aliphatic rings. The van der Waals surface area contributed by atoms with E-state index < -0.39 is 18.1 Å². The zero-order chi connectivity index (χ0) is 10.8. The summed E-state index contributed by atoms with van der Waals surface area (Å²) in [5.41, 5.74) is 5.28. The van der Waals surface area contributed by atoms with Crippen molar-refractivity contribution in [3.8, 4) is 0 Å². The predicted octanol–water partition coefficient (Wildman–Crippen LogP) is 0.226. The van der Waals surface area contributed by atoms with E-state index >= 15 is 0 Å². The van der Waals surface area contributed by atoms with Crippen LogP contribution in [0, 0.1) is 6.92 Å². The summed E-state index contributed by atoms with van der Waals surface area (Å²) in [7, 11) is 0. The van der Waals surface area contributed by atoms with Gasteiger partial charge in [0.15, 0.2) is 5.54 Å². The van der Waals surface area contributed by atoms with Gasteiger partial charge in [0, 0.05) is 0 Å². The van der Waals surface area contributed by atoms with Crippen molar-refractivity contribution in [1.82, 2.24) is 0 Å². The van der Waals surface area contributed by atoms with Gasteiger partial charge in [-0.1, -0.05) is 29.8 Å². The monoisotopic (exact) mass is 195 g/mol. The van der Waals surface area contributed by atoms with Crippen LogP contribution in [0.1, 0.15) is 11.1 Å². The Hall–Kier alpha value is -1.39. The highest BCUT2D eigenvalue weighted by atomic mass is 16.4. The number of hydrogen-bond donors (Lipinski definition) is 3. The molecule has 14 heavy (non-hydrogen) atoms. The Morgan fingerprint density at radius 3 is 2.29 bits per heavy atom. The summed E-state index contributed by atoms with van der Waals surface area (Å²) in [5.74, 6) is -1.23. The van der Waals surface area contributed by atoms with E-state index in [1.807, 2.05) is 6.92 Å². The highest BCUT2D eigenvalue weighted by Crippen LogP contribution is 2.18. The number of hydrogen-bond acceptors (Lipinski definition) is 3. The van der Waals surface area contributed by atoms with E-state index in [9.17, 15) is 4.79 Å². The van der Waals surface area contributed by atoms with E-state index in [0.29, 0.717) is 5.56 Å². The maximum Gasteiger partial charge on any atom is 0.330 e. The fraction of sp³-hybridized carbons (Fsp3) is 0.300. The van der Waals surface area contributed by atoms with Crippen LogP contribution >= 0.6 is 0 Å². The van der Waals surface area contributed by atoms with Gasteiger partial charge in [0.05, 0.1) is 6.61 Å². The SMILES string of the molecule is Cc1ccc(C(N)(CO)C(=O)O)cc1. The van der Waals surface area contributed by atoms with Crippen LogP contribution in [0.4, 0.5) is 0 Å². The van der Waals surface area contributed by atoms with Crippen molar-refractivity contribution in [2.45, 2.75) is 12.5 Å². The molecule has 0 heterocycles. The molecule has 0 saturated carbocycles. The maximum absolute atomic E-state index is 10.9. The van der Waals surface area contributed by atoms with Crippen molar-refractivity contribution in [2.24, 2.45) is 5.73 Å². The van der Waals surface area contributed by atoms with Gasteiger partial charge >= 0.3 is 5.97 Å². The summed E-state index contributed by atoms with van der Waals surface area (Å²) in [4.78, 5) is 10.9. The molecule has 1 unspecified atom stereocenters. The third kappa shape index (κ3) is 1.76. The molecule has 0 aliphatic heterocycles. The topological polar surface area (TPSA) is 83.5 Å². The second kappa shape index (κ2) is 3.77. The molecule has 0 fully saturated rings. The first-order valence-corrected chi connectivity index (χ1v) is 4.21. The van der Waals surface area contributed by atoms with E-state index in [0.717, 1.165) is 5.56 Å². The third-order valence-electron chi connectivity index (χ3n) is 2.20. The first-order valence-electron chi connectivity index (χ1n) is 4.21. The summed E-state index contributed by atoms with van der Waals surface area (Å²) >= 11 is 0. The van der Waals surface area contributed by atoms with Gasteiger partial charge in [-0.3, -0.25) is 0 Å². The molecule has 76 valence electrons. The van der Waals surface area contributed by atoms with Crippen LogP contribution < -0.4 is 5.73 Å². The second-order valence-corrected chi connectivity index (χ2v) is 3.30. The lowest BCUT2D eigenvalue weighted by Gasteiger charge is -2.22. The lowest BCUT2D eigenvalue weighted by molar-refractivity contribution is -0.145. The second-order valence-electron chi connectivity index (χ2n) is 3.30. The molecule has 1 aromatic carbocycles. The van der Waals surface area contributed by atoms with Gasteiger partial charge < -0.3 is 15.9 Å². The summed E-state index contributed by atoms with van der Waals surface area (Å²) in [5, 5.41) is 17.8. The standard InChI is InChI=1S/C10H13NO3/c1-7-2-4-8(5-3-7)10(11,6-12)9(13)14/h2-5,12H,6,11H2,1H3,(H,13,14). The Labute approximate surface area is 82.0 Å². The molecule has 1 rings (SSSR count). The molecule has 0 radical (unpaired) electrons. The molecular formula is C10H13NO3. The Bertz CT molecular complexity index is 334. The number of carbonyl (C=O) groups is 1. The molecule has 0 saturated heterocycles. The largest absolute Gasteiger partial charge is 0.480 e. The zero-order valence-electron chi connectivity index (χ0n) is 7.90. The van der Waals surface area contributed by atoms with E-state index in [-0.39, 0.29) is 0 Å². The van der Waals surface area contributed by atoms with Crippen molar-refractivity contribution < 1.29 is 15.0 Å². The lowest BCUT2D eigenvalue weighted by atomic mass is 9.91. The third-order valence-corrected chi connectivity index (χ3v) is 2.20. The van der Waals surface area contributed by atoms with Gasteiger partial charge in [0.1, 0.15) is 0 Å². The van der Waals surface area contributed by atoms with Crippen LogP contribution in [0.3, 0.4) is 0 Å². The highest BCUT2D eigenvalue weighted by molar-refractivity contribution is 5.80. The van der Waals surface area contributed by atoms with E-state index in [1.54, 1.807) is 24.3 Å². The molecule has 0 bridgehead atoms. The van der Waals surface area contributed by atoms with Crippen molar-refractivity contribution >= 4 is 5.97 Å². The quantitative estimate of drug-likeness (QED) is 0.644. The molecule has 0 spiro atoms. The minimum Gasteiger partial charge on any atom is -0.480 e. The maximum atomic E-state index is 10.9. The van der Waals surface area contributed by atoms with Crippen LogP contribution in [-0.2, 0) is 10.3 Å². The van der Waals surface area contributed by atoms with E-state index in [1.165, 1.54) is 0 Å². The minimum absolute atomic E-state index is 0.401. The molecule has 4 heteroatoms. The fourth-order valence-corrected chi connectivity index (χ4v) is 1.13. The minimum atomic E-state index is -1.70. The predicted molar refractivity (Wildman–Crippen MR) is 51.8 cm³/mol. The average Bonchev–Trinajstić information content (AvgIpc) is 2.17. The van der Waals surface area contributed by atoms with Crippen LogP contribution in [0.15, 0.2) is 24.3 Å². The number of carboxylic acid groups (broad SMARTS) is 1. The first kappa shape index (κ1) is 10.7. The number of aliphatic hydroxyl groups excluding tert-OH is 1. The number of nitrogens with two attached hydrogens (primary N) is 1. The van der Waals surface area contributed by atoms with Gasteiger partial charge in [-0.05, 0) is 12.5 Å². The van der Waals surface area contributed by atoms with E-state index in [4.69, 9.17) is 15.9 Å². The Morgan fingerprint density at radius 2 is 1.93 bits per heavy atom. The average molecular weight is 195 g/mol. The van der Waals surface area contributed by atoms with Crippen LogP contribution in [0.2, 0.25) is 0 Å². The van der Waals surface area contributed by atoms with Crippen molar-refractivity contribution in [1.29, 1.82) is 0 Å². The number of rotatable bonds is 3. The molecule has 0 aromatic heterocycles. The highest BCUT2D eigenvalue weighted by Gasteiger charge is 2.35. The summed E-state index contributed by atoms with van der Waals surface area (Å²) < 4.78 is 0. The zero-order valence-corrected chi connectivity index (χ0v) is 7.90. The number of benzene rings is 1. The number of aliphatic hydroxyl groups is 1. The van der Waals surface area contributed by atoms with Gasteiger partial charge in [0.25, 0.3) is 0 Å². The fourth-order valence-electron chi connectivity index (χ4n) is 1.13. The molecule has 0 amide bonds. The summed E-state index contributed by atoms with van der Waals surface area (Å²) in [6.45, 7) is 1.27. The summed E-state index contributed by atoms with van der Waals surface area (Å²) in [6, 6.07) is 6.74. The van der Waals surface area contributed by atoms with Gasteiger partial charge in [-0.15, -0.1) is 0 Å². The molecule has 1 aromatic rings. The smallest absolute Gasteiger partial charge is 0.330 e. The van der Waals surface area contributed by atoms with Crippen molar-refractivity contribution in [2.75, 3.05) is 6.61 Å². The van der Waals surface area contributed by atoms with Gasteiger partial charge in [0.2, 0.25) is 0 Å². The molecule has 4 nitrogen and oxygen atoms in total. The normalized spacial score (nSPS) is 14.8. The van der Waals surface area contributed by atoms with Crippen LogP contribution in [0.5, 0.6) is 0 Å². The molecule has 0 aliphatic carbocycles. The summed E-state index contributed by atoms with van der Waals surface area (Å²) in [6.07, 6.45) is 0. The molecular weight excluding hydrogens is 182 g/mol. The van der Waals surface area contributed by atoms with Gasteiger partial charge in [-0.25, -0.2) is 4.79 Å². The first-order chi connectivity index (χ1) is 6.50. The number of carboxylic acids is 1. The lowest BCUT2D eigenvalue weighted by Crippen LogP contribution is -2.48. The van der Waals surface area contributed by atoms with Crippen LogP contribution in [0.25, 0.3) is 0 Å². The van der Waals surface area contributed by atoms with Crippen molar-refractivity contribution in [3.05, 3.63) is 35.4 Å². The number of aryl methyl sites for hydroxylation is 1. The Kier molecular flexibility index (Phi) is 2.88. The Balaban J connectivity index is 3.13. The molecule has 4 N–H and O–H groups in total. The van der Waals surface area contributed by atoms with E-state index in [2.05, 4.69) is 0 Å². The Morgan fingerprint density at radius 1 is 1.43 bits per heavy atom. The van der Waals surface area contributed by atoms with Gasteiger partial charge in [-0.2, -0.15) is 0 Å². The van der Waals surface area contributed by atoms with Crippen LogP contribution in [-0.4, -0.2) is 22.8 Å². The van der Waals surface area contributed by atoms with Crippen molar-refractivity contribution in [3.63, 3.8) is 0 Å². The molecule has 1 atom stereocenters. The number of aliphatic carboxylic acids is 1.